The summed E-state index contributed by atoms with van der Waals surface area (Å²) in [5.41, 5.74) is 9.65. The third-order valence-electron chi connectivity index (χ3n) is 4.71. The van der Waals surface area contributed by atoms with Crippen LogP contribution in [0.3, 0.4) is 0 Å². The summed E-state index contributed by atoms with van der Waals surface area (Å²) in [5, 5.41) is 6.65. The Morgan fingerprint density at radius 2 is 2.17 bits per heavy atom. The number of likely N-dealkylation sites (tertiary alicyclic amines) is 1. The summed E-state index contributed by atoms with van der Waals surface area (Å²) in [6.45, 7) is 2.04. The maximum Gasteiger partial charge on any atom is 0.251 e. The predicted octanol–water partition coefficient (Wildman–Crippen LogP) is 4.75. The van der Waals surface area contributed by atoms with Gasteiger partial charge in [0.25, 0.3) is 5.91 Å². The van der Waals surface area contributed by atoms with E-state index in [2.05, 4.69) is 26.2 Å². The summed E-state index contributed by atoms with van der Waals surface area (Å²) >= 11 is 1.33. The van der Waals surface area contributed by atoms with E-state index >= 15 is 0 Å². The number of hydrogen-bond donors (Lipinski definition) is 1. The molecule has 29 heavy (non-hydrogen) atoms. The van der Waals surface area contributed by atoms with E-state index < -0.39 is 0 Å². The van der Waals surface area contributed by atoms with Crippen LogP contribution in [0.2, 0.25) is 0 Å². The Bertz CT molecular complexity index is 966. The van der Waals surface area contributed by atoms with Crippen molar-refractivity contribution in [3.05, 3.63) is 64.3 Å². The van der Waals surface area contributed by atoms with E-state index in [9.17, 15) is 9.18 Å². The molecule has 1 amide bonds. The molecule has 0 aliphatic carbocycles. The lowest BCUT2D eigenvalue weighted by atomic mass is 10.1. The van der Waals surface area contributed by atoms with E-state index in [0.29, 0.717) is 29.2 Å². The van der Waals surface area contributed by atoms with Crippen LogP contribution in [0.5, 0.6) is 0 Å². The van der Waals surface area contributed by atoms with Gasteiger partial charge in [-0.25, -0.2) is 4.39 Å². The molecule has 0 bridgehead atoms. The van der Waals surface area contributed by atoms with Gasteiger partial charge in [0.15, 0.2) is 0 Å². The average molecular weight is 409 g/mol. The van der Waals surface area contributed by atoms with Crippen molar-refractivity contribution < 1.29 is 9.18 Å². The molecule has 8 heteroatoms. The molecule has 0 radical (unpaired) electrons. The fourth-order valence-corrected chi connectivity index (χ4v) is 4.13. The van der Waals surface area contributed by atoms with E-state index in [4.69, 9.17) is 12.0 Å². The summed E-state index contributed by atoms with van der Waals surface area (Å²) in [6.07, 6.45) is 7.47. The standard InChI is InChI=1S/C21H20FN5OS/c1-2-11-27-12-3-4-17(27)14-24-21(28)15-5-10-20(19(13-15)25-26-23)29-18-8-6-16(22)7-9-18/h1,5-10,13,17H,3-4,11-12,14H2,(H,24,28). The molecular formula is C21H20FN5OS. The van der Waals surface area contributed by atoms with E-state index in [0.717, 1.165) is 24.3 Å². The van der Waals surface area contributed by atoms with Gasteiger partial charge in [0.05, 0.1) is 12.2 Å². The molecule has 0 spiro atoms. The number of nitrogens with zero attached hydrogens (tertiary/aromatic N) is 4. The van der Waals surface area contributed by atoms with Gasteiger partial charge < -0.3 is 5.32 Å². The first kappa shape index (κ1) is 20.7. The molecule has 6 nitrogen and oxygen atoms in total. The van der Waals surface area contributed by atoms with Crippen LogP contribution < -0.4 is 5.32 Å². The smallest absolute Gasteiger partial charge is 0.251 e. The number of amides is 1. The van der Waals surface area contributed by atoms with Crippen molar-refractivity contribution in [2.24, 2.45) is 5.11 Å². The topological polar surface area (TPSA) is 81.1 Å². The number of carbonyl (C=O) groups excluding carboxylic acids is 1. The number of halogens is 1. The van der Waals surface area contributed by atoms with Crippen LogP contribution in [-0.4, -0.2) is 36.5 Å². The SMILES string of the molecule is C#CCN1CCCC1CNC(=O)c1ccc(Sc2ccc(F)cc2)c(N=[N+]=[N-])c1. The molecule has 1 atom stereocenters. The van der Waals surface area contributed by atoms with Crippen LogP contribution in [0.4, 0.5) is 10.1 Å². The monoisotopic (exact) mass is 409 g/mol. The molecule has 2 aromatic carbocycles. The molecule has 1 aliphatic heterocycles. The minimum Gasteiger partial charge on any atom is -0.350 e. The van der Waals surface area contributed by atoms with Gasteiger partial charge in [-0.1, -0.05) is 22.8 Å². The lowest BCUT2D eigenvalue weighted by Gasteiger charge is -2.22. The molecule has 148 valence electrons. The van der Waals surface area contributed by atoms with E-state index in [1.54, 1.807) is 30.3 Å². The van der Waals surface area contributed by atoms with Gasteiger partial charge in [-0.05, 0) is 67.4 Å². The highest BCUT2D eigenvalue weighted by Crippen LogP contribution is 2.36. The number of hydrogen-bond acceptors (Lipinski definition) is 4. The molecule has 1 saturated heterocycles. The number of carbonyl (C=O) groups is 1. The summed E-state index contributed by atoms with van der Waals surface area (Å²) in [5.74, 6) is 2.10. The Hall–Kier alpha value is -2.98. The van der Waals surface area contributed by atoms with Gasteiger partial charge in [0.2, 0.25) is 0 Å². The Labute approximate surface area is 173 Å². The van der Waals surface area contributed by atoms with Crippen molar-refractivity contribution in [3.8, 4) is 12.3 Å². The molecule has 1 N–H and O–H groups in total. The number of terminal acetylenes is 1. The van der Waals surface area contributed by atoms with Crippen LogP contribution >= 0.6 is 11.8 Å². The summed E-state index contributed by atoms with van der Waals surface area (Å²) < 4.78 is 13.1. The molecule has 1 aliphatic rings. The van der Waals surface area contributed by atoms with Crippen LogP contribution in [0, 0.1) is 18.2 Å². The van der Waals surface area contributed by atoms with E-state index in [1.165, 1.54) is 23.9 Å². The second-order valence-electron chi connectivity index (χ2n) is 6.61. The number of azide groups is 1. The summed E-state index contributed by atoms with van der Waals surface area (Å²) in [4.78, 5) is 19.1. The number of benzene rings is 2. The van der Waals surface area contributed by atoms with Crippen molar-refractivity contribution in [2.75, 3.05) is 19.6 Å². The zero-order valence-electron chi connectivity index (χ0n) is 15.7. The fourth-order valence-electron chi connectivity index (χ4n) is 3.27. The normalized spacial score (nSPS) is 16.1. The van der Waals surface area contributed by atoms with Crippen molar-refractivity contribution in [3.63, 3.8) is 0 Å². The minimum atomic E-state index is -0.320. The first-order valence-corrected chi connectivity index (χ1v) is 10.0. The maximum absolute atomic E-state index is 13.1. The molecule has 1 fully saturated rings. The first-order chi connectivity index (χ1) is 14.1. The van der Waals surface area contributed by atoms with Crippen LogP contribution in [-0.2, 0) is 0 Å². The molecule has 2 aromatic rings. The third kappa shape index (κ3) is 5.52. The van der Waals surface area contributed by atoms with Crippen molar-refractivity contribution in [2.45, 2.75) is 28.7 Å². The maximum atomic E-state index is 13.1. The molecule has 3 rings (SSSR count). The number of rotatable bonds is 7. The number of nitrogens with one attached hydrogen (secondary N) is 1. The largest absolute Gasteiger partial charge is 0.350 e. The Balaban J connectivity index is 1.70. The van der Waals surface area contributed by atoms with Gasteiger partial charge in [-0.3, -0.25) is 9.69 Å². The van der Waals surface area contributed by atoms with Crippen molar-refractivity contribution in [1.29, 1.82) is 0 Å². The van der Waals surface area contributed by atoms with Gasteiger partial charge in [0, 0.05) is 32.9 Å². The summed E-state index contributed by atoms with van der Waals surface area (Å²) in [6, 6.07) is 11.2. The van der Waals surface area contributed by atoms with Crippen LogP contribution in [0.1, 0.15) is 23.2 Å². The predicted molar refractivity (Wildman–Crippen MR) is 112 cm³/mol. The zero-order chi connectivity index (χ0) is 20.6. The quantitative estimate of drug-likeness (QED) is 0.310. The van der Waals surface area contributed by atoms with Gasteiger partial charge in [0.1, 0.15) is 5.82 Å². The molecule has 0 saturated carbocycles. The highest BCUT2D eigenvalue weighted by molar-refractivity contribution is 7.99. The second-order valence-corrected chi connectivity index (χ2v) is 7.72. The zero-order valence-corrected chi connectivity index (χ0v) is 16.5. The van der Waals surface area contributed by atoms with E-state index in [-0.39, 0.29) is 17.8 Å². The minimum absolute atomic E-state index is 0.231. The van der Waals surface area contributed by atoms with Gasteiger partial charge in [-0.2, -0.15) is 0 Å². The average Bonchev–Trinajstić information content (AvgIpc) is 3.16. The lowest BCUT2D eigenvalue weighted by molar-refractivity contribution is 0.0942. The van der Waals surface area contributed by atoms with Gasteiger partial charge >= 0.3 is 0 Å². The Morgan fingerprint density at radius 3 is 2.90 bits per heavy atom. The Kier molecular flexibility index (Phi) is 7.14. The molecular weight excluding hydrogens is 389 g/mol. The van der Waals surface area contributed by atoms with Crippen LogP contribution in [0.15, 0.2) is 57.4 Å². The Morgan fingerprint density at radius 1 is 1.38 bits per heavy atom. The summed E-state index contributed by atoms with van der Waals surface area (Å²) in [7, 11) is 0. The van der Waals surface area contributed by atoms with Crippen molar-refractivity contribution in [1.82, 2.24) is 10.2 Å². The highest BCUT2D eigenvalue weighted by atomic mass is 32.2. The van der Waals surface area contributed by atoms with E-state index in [1.807, 2.05) is 0 Å². The van der Waals surface area contributed by atoms with Crippen LogP contribution in [0.25, 0.3) is 10.4 Å². The molecule has 0 aromatic heterocycles. The van der Waals surface area contributed by atoms with Crippen molar-refractivity contribution >= 4 is 23.4 Å². The van der Waals surface area contributed by atoms with Gasteiger partial charge in [-0.15, -0.1) is 6.42 Å². The fraction of sp³-hybridized carbons (Fsp3) is 0.286. The highest BCUT2D eigenvalue weighted by Gasteiger charge is 2.24. The molecule has 1 heterocycles. The third-order valence-corrected chi connectivity index (χ3v) is 5.78. The first-order valence-electron chi connectivity index (χ1n) is 9.19. The molecule has 1 unspecified atom stereocenters. The lowest BCUT2D eigenvalue weighted by Crippen LogP contribution is -2.40. The second kappa shape index (κ2) is 9.99.